The quantitative estimate of drug-likeness (QED) is 0.793. The molecule has 0 spiro atoms. The molecule has 1 aromatic carbocycles. The van der Waals surface area contributed by atoms with Crippen molar-refractivity contribution in [2.75, 3.05) is 12.0 Å². The van der Waals surface area contributed by atoms with E-state index in [0.717, 1.165) is 0 Å². The van der Waals surface area contributed by atoms with Gasteiger partial charge in [0.05, 0.1) is 24.4 Å². The van der Waals surface area contributed by atoms with Gasteiger partial charge in [0.15, 0.2) is 0 Å². The Balaban J connectivity index is 2.50. The van der Waals surface area contributed by atoms with Gasteiger partial charge in [-0.2, -0.15) is 5.26 Å². The van der Waals surface area contributed by atoms with Gasteiger partial charge in [-0.3, -0.25) is 14.9 Å². The summed E-state index contributed by atoms with van der Waals surface area (Å²) in [5.74, 6) is -2.57. The van der Waals surface area contributed by atoms with Crippen LogP contribution in [0.2, 0.25) is 0 Å². The number of benzene rings is 1. The fraction of sp³-hybridized carbons (Fsp3) is 0.167. The van der Waals surface area contributed by atoms with Crippen LogP contribution in [0.5, 0.6) is 5.75 Å². The van der Waals surface area contributed by atoms with Crippen LogP contribution in [0.25, 0.3) is 0 Å². The van der Waals surface area contributed by atoms with Crippen LogP contribution in [0, 0.1) is 11.3 Å². The molecule has 0 bridgehead atoms. The number of carbonyl (C=O) groups excluding carboxylic acids is 3. The van der Waals surface area contributed by atoms with Gasteiger partial charge in [-0.25, -0.2) is 14.1 Å². The number of hydrogen-bond acceptors (Lipinski definition) is 5. The summed E-state index contributed by atoms with van der Waals surface area (Å²) < 4.78 is 18.4. The van der Waals surface area contributed by atoms with Crippen molar-refractivity contribution in [3.8, 4) is 11.8 Å². The number of ether oxygens (including phenoxy) is 1. The highest BCUT2D eigenvalue weighted by atomic mass is 19.1. The molecular formula is C12H8FN3O4. The van der Waals surface area contributed by atoms with Crippen LogP contribution < -0.4 is 15.0 Å². The number of nitriles is 1. The fourth-order valence-corrected chi connectivity index (χ4v) is 1.71. The van der Waals surface area contributed by atoms with Crippen LogP contribution in [0.3, 0.4) is 0 Å². The Labute approximate surface area is 112 Å². The third-order valence-corrected chi connectivity index (χ3v) is 2.65. The normalized spacial score (nSPS) is 18.6. The van der Waals surface area contributed by atoms with Crippen molar-refractivity contribution >= 4 is 23.5 Å². The molecule has 1 atom stereocenters. The number of carbonyl (C=O) groups is 3. The van der Waals surface area contributed by atoms with Gasteiger partial charge in [-0.15, -0.1) is 0 Å². The summed E-state index contributed by atoms with van der Waals surface area (Å²) in [5, 5.41) is 10.5. The summed E-state index contributed by atoms with van der Waals surface area (Å²) in [6, 6.07) is 4.67. The average Bonchev–Trinajstić information content (AvgIpc) is 2.45. The van der Waals surface area contributed by atoms with E-state index in [-0.39, 0.29) is 17.0 Å². The summed E-state index contributed by atoms with van der Waals surface area (Å²) in [6.45, 7) is 0. The number of amides is 4. The molecule has 0 saturated carbocycles. The van der Waals surface area contributed by atoms with Crippen LogP contribution in [0.15, 0.2) is 18.2 Å². The van der Waals surface area contributed by atoms with Crippen molar-refractivity contribution in [1.82, 2.24) is 5.32 Å². The van der Waals surface area contributed by atoms with Crippen molar-refractivity contribution in [2.24, 2.45) is 0 Å². The standard InChI is InChI=1S/C12H8FN3O4/c1-20-8-4-6(5-14)2-3-7(8)16-11(18)9(13)10(17)15-12(16)19/h2-4,9H,1H3,(H,15,17,19). The largest absolute Gasteiger partial charge is 0.495 e. The van der Waals surface area contributed by atoms with Crippen molar-refractivity contribution in [3.05, 3.63) is 23.8 Å². The fourth-order valence-electron chi connectivity index (χ4n) is 1.71. The van der Waals surface area contributed by atoms with Gasteiger partial charge < -0.3 is 4.74 Å². The molecule has 1 aliphatic heterocycles. The Kier molecular flexibility index (Phi) is 3.35. The molecule has 102 valence electrons. The predicted octanol–water partition coefficient (Wildman–Crippen LogP) is 0.488. The molecule has 20 heavy (non-hydrogen) atoms. The number of barbiturate groups is 1. The highest BCUT2D eigenvalue weighted by molar-refractivity contribution is 6.29. The lowest BCUT2D eigenvalue weighted by atomic mass is 10.1. The van der Waals surface area contributed by atoms with E-state index in [0.29, 0.717) is 4.90 Å². The molecule has 1 unspecified atom stereocenters. The van der Waals surface area contributed by atoms with Gasteiger partial charge >= 0.3 is 6.03 Å². The first kappa shape index (κ1) is 13.5. The van der Waals surface area contributed by atoms with Crippen molar-refractivity contribution < 1.29 is 23.5 Å². The molecule has 4 amide bonds. The Morgan fingerprint density at radius 2 is 2.10 bits per heavy atom. The molecule has 1 heterocycles. The lowest BCUT2D eigenvalue weighted by Gasteiger charge is -2.27. The van der Waals surface area contributed by atoms with Crippen molar-refractivity contribution in [2.45, 2.75) is 6.17 Å². The van der Waals surface area contributed by atoms with Crippen molar-refractivity contribution in [1.29, 1.82) is 5.26 Å². The third-order valence-electron chi connectivity index (χ3n) is 2.65. The first-order chi connectivity index (χ1) is 9.49. The second-order valence-electron chi connectivity index (χ2n) is 3.83. The second-order valence-corrected chi connectivity index (χ2v) is 3.83. The smallest absolute Gasteiger partial charge is 0.335 e. The molecule has 0 aliphatic carbocycles. The molecule has 1 aromatic rings. The number of alkyl halides is 1. The Morgan fingerprint density at radius 1 is 1.40 bits per heavy atom. The number of imide groups is 2. The van der Waals surface area contributed by atoms with Gasteiger partial charge in [0.25, 0.3) is 18.0 Å². The molecule has 0 radical (unpaired) electrons. The van der Waals surface area contributed by atoms with Gasteiger partial charge in [-0.1, -0.05) is 0 Å². The third kappa shape index (κ3) is 2.05. The van der Waals surface area contributed by atoms with Gasteiger partial charge in [0.1, 0.15) is 5.75 Å². The number of hydrogen-bond donors (Lipinski definition) is 1. The topological polar surface area (TPSA) is 99.5 Å². The van der Waals surface area contributed by atoms with E-state index < -0.39 is 24.0 Å². The first-order valence-electron chi connectivity index (χ1n) is 5.40. The zero-order valence-electron chi connectivity index (χ0n) is 10.2. The molecule has 1 aliphatic rings. The number of halogens is 1. The molecule has 1 saturated heterocycles. The maximum absolute atomic E-state index is 13.4. The highest BCUT2D eigenvalue weighted by Crippen LogP contribution is 2.31. The van der Waals surface area contributed by atoms with E-state index in [4.69, 9.17) is 10.00 Å². The first-order valence-corrected chi connectivity index (χ1v) is 5.40. The molecule has 2 rings (SSSR count). The van der Waals surface area contributed by atoms with E-state index in [1.807, 2.05) is 6.07 Å². The summed E-state index contributed by atoms with van der Waals surface area (Å²) >= 11 is 0. The predicted molar refractivity (Wildman–Crippen MR) is 63.6 cm³/mol. The summed E-state index contributed by atoms with van der Waals surface area (Å²) in [4.78, 5) is 34.9. The Hall–Kier alpha value is -2.95. The lowest BCUT2D eigenvalue weighted by Crippen LogP contribution is -2.59. The van der Waals surface area contributed by atoms with Crippen LogP contribution in [0.1, 0.15) is 5.56 Å². The molecule has 0 aromatic heterocycles. The number of anilines is 1. The van der Waals surface area contributed by atoms with Crippen LogP contribution in [-0.4, -0.2) is 31.1 Å². The lowest BCUT2D eigenvalue weighted by molar-refractivity contribution is -0.135. The molecule has 1 fully saturated rings. The summed E-state index contributed by atoms with van der Waals surface area (Å²) in [5.41, 5.74) is 0.187. The molecule has 7 nitrogen and oxygen atoms in total. The van der Waals surface area contributed by atoms with Gasteiger partial charge in [0, 0.05) is 6.07 Å². The Bertz CT molecular complexity index is 653. The minimum atomic E-state index is -2.46. The number of urea groups is 1. The van der Waals surface area contributed by atoms with E-state index in [1.54, 1.807) is 5.32 Å². The van der Waals surface area contributed by atoms with Gasteiger partial charge in [-0.05, 0) is 12.1 Å². The van der Waals surface area contributed by atoms with E-state index in [2.05, 4.69) is 0 Å². The minimum Gasteiger partial charge on any atom is -0.495 e. The molecule has 1 N–H and O–H groups in total. The maximum atomic E-state index is 13.4. The van der Waals surface area contributed by atoms with E-state index in [9.17, 15) is 18.8 Å². The zero-order chi connectivity index (χ0) is 14.9. The van der Waals surface area contributed by atoms with Gasteiger partial charge in [0.2, 0.25) is 0 Å². The summed E-state index contributed by atoms with van der Waals surface area (Å²) in [6.07, 6.45) is -2.46. The number of nitrogens with zero attached hydrogens (tertiary/aromatic N) is 2. The van der Waals surface area contributed by atoms with Crippen molar-refractivity contribution in [3.63, 3.8) is 0 Å². The highest BCUT2D eigenvalue weighted by Gasteiger charge is 2.42. The molecule has 8 heteroatoms. The number of nitrogens with one attached hydrogen (secondary N) is 1. The summed E-state index contributed by atoms with van der Waals surface area (Å²) in [7, 11) is 1.27. The number of rotatable bonds is 2. The van der Waals surface area contributed by atoms with E-state index >= 15 is 0 Å². The second kappa shape index (κ2) is 4.97. The zero-order valence-corrected chi connectivity index (χ0v) is 10.2. The Morgan fingerprint density at radius 3 is 2.70 bits per heavy atom. The average molecular weight is 277 g/mol. The van der Waals surface area contributed by atoms with Crippen LogP contribution in [-0.2, 0) is 9.59 Å². The maximum Gasteiger partial charge on any atom is 0.335 e. The van der Waals surface area contributed by atoms with Crippen LogP contribution in [0.4, 0.5) is 14.9 Å². The van der Waals surface area contributed by atoms with Crippen LogP contribution >= 0.6 is 0 Å². The molecular weight excluding hydrogens is 269 g/mol. The van der Waals surface area contributed by atoms with E-state index in [1.165, 1.54) is 25.3 Å². The monoisotopic (exact) mass is 277 g/mol. The SMILES string of the molecule is COc1cc(C#N)ccc1N1C(=O)NC(=O)C(F)C1=O. The minimum absolute atomic E-state index is 0.0362. The number of methoxy groups -OCH3 is 1.